The summed E-state index contributed by atoms with van der Waals surface area (Å²) in [5.41, 5.74) is 1.48. The standard InChI is InChI=1S/C34H33Cl4N3O4S/c1-2-3-18-39-34(43)32(20-24-10-6-4-7-11-24)40(22-25-14-16-28(36)29(37)19-25)33(42)23-41(31-17-15-26(35)21-30(31)38)46(44,45)27-12-8-5-9-13-27/h4-17,19,21,32H,2-3,18,20,22-23H2,1H3,(H,39,43). The van der Waals surface area contributed by atoms with Crippen LogP contribution in [0.15, 0.2) is 102 Å². The first-order valence-corrected chi connectivity index (χ1v) is 17.5. The van der Waals surface area contributed by atoms with Crippen LogP contribution in [0.2, 0.25) is 20.1 Å². The summed E-state index contributed by atoms with van der Waals surface area (Å²) >= 11 is 25.2. The minimum Gasteiger partial charge on any atom is -0.354 e. The normalized spacial score (nSPS) is 11.9. The van der Waals surface area contributed by atoms with Crippen molar-refractivity contribution in [1.82, 2.24) is 10.2 Å². The molecular formula is C34H33Cl4N3O4S. The average Bonchev–Trinajstić information content (AvgIpc) is 3.04. The molecule has 0 saturated carbocycles. The molecule has 7 nitrogen and oxygen atoms in total. The van der Waals surface area contributed by atoms with Gasteiger partial charge in [0.1, 0.15) is 12.6 Å². The van der Waals surface area contributed by atoms with Crippen molar-refractivity contribution in [2.45, 2.75) is 43.7 Å². The number of nitrogens with one attached hydrogen (secondary N) is 1. The molecule has 1 atom stereocenters. The molecule has 0 bridgehead atoms. The van der Waals surface area contributed by atoms with Gasteiger partial charge in [-0.1, -0.05) is 114 Å². The number of anilines is 1. The van der Waals surface area contributed by atoms with Crippen LogP contribution in [0, 0.1) is 0 Å². The van der Waals surface area contributed by atoms with Crippen molar-refractivity contribution >= 4 is 73.9 Å². The van der Waals surface area contributed by atoms with Crippen molar-refractivity contribution in [3.05, 3.63) is 128 Å². The molecule has 0 aliphatic heterocycles. The molecular weight excluding hydrogens is 688 g/mol. The number of halogens is 4. The number of unbranched alkanes of at least 4 members (excludes halogenated alkanes) is 1. The second-order valence-corrected chi connectivity index (χ2v) is 14.1. The number of carbonyl (C=O) groups excluding carboxylic acids is 2. The summed E-state index contributed by atoms with van der Waals surface area (Å²) in [5, 5.41) is 3.90. The summed E-state index contributed by atoms with van der Waals surface area (Å²) in [6.07, 6.45) is 1.80. The van der Waals surface area contributed by atoms with E-state index in [0.29, 0.717) is 22.2 Å². The first-order chi connectivity index (χ1) is 22.0. The largest absolute Gasteiger partial charge is 0.354 e. The van der Waals surface area contributed by atoms with E-state index in [1.807, 2.05) is 37.3 Å². The van der Waals surface area contributed by atoms with Crippen molar-refractivity contribution in [2.24, 2.45) is 0 Å². The Balaban J connectivity index is 1.82. The van der Waals surface area contributed by atoms with E-state index in [-0.39, 0.29) is 39.5 Å². The number of benzene rings is 4. The van der Waals surface area contributed by atoms with Crippen molar-refractivity contribution in [2.75, 3.05) is 17.4 Å². The van der Waals surface area contributed by atoms with Gasteiger partial charge in [-0.05, 0) is 60.0 Å². The van der Waals surface area contributed by atoms with Gasteiger partial charge in [0.15, 0.2) is 0 Å². The summed E-state index contributed by atoms with van der Waals surface area (Å²) in [4.78, 5) is 29.7. The lowest BCUT2D eigenvalue weighted by Gasteiger charge is -2.34. The second-order valence-electron chi connectivity index (χ2n) is 10.5. The van der Waals surface area contributed by atoms with Crippen LogP contribution in [-0.4, -0.2) is 44.3 Å². The number of carbonyl (C=O) groups is 2. The van der Waals surface area contributed by atoms with Crippen LogP contribution >= 0.6 is 46.4 Å². The molecule has 0 aliphatic rings. The minimum atomic E-state index is -4.31. The van der Waals surface area contributed by atoms with E-state index in [1.165, 1.54) is 35.2 Å². The fourth-order valence-corrected chi connectivity index (χ4v) is 7.15. The highest BCUT2D eigenvalue weighted by Gasteiger charge is 2.35. The SMILES string of the molecule is CCCCNC(=O)C(Cc1ccccc1)N(Cc1ccc(Cl)c(Cl)c1)C(=O)CN(c1ccc(Cl)cc1Cl)S(=O)(=O)c1ccccc1. The molecule has 2 amide bonds. The highest BCUT2D eigenvalue weighted by atomic mass is 35.5. The Hall–Kier alpha value is -3.27. The predicted molar refractivity (Wildman–Crippen MR) is 186 cm³/mol. The number of sulfonamides is 1. The van der Waals surface area contributed by atoms with E-state index in [0.717, 1.165) is 22.7 Å². The highest BCUT2D eigenvalue weighted by Crippen LogP contribution is 2.33. The van der Waals surface area contributed by atoms with Crippen LogP contribution in [0.1, 0.15) is 30.9 Å². The van der Waals surface area contributed by atoms with E-state index < -0.39 is 28.5 Å². The van der Waals surface area contributed by atoms with Crippen molar-refractivity contribution in [3.63, 3.8) is 0 Å². The van der Waals surface area contributed by atoms with Crippen LogP contribution in [0.3, 0.4) is 0 Å². The van der Waals surface area contributed by atoms with Gasteiger partial charge in [0.05, 0.1) is 25.7 Å². The Kier molecular flexibility index (Phi) is 12.8. The fourth-order valence-electron chi connectivity index (χ4n) is 4.81. The summed E-state index contributed by atoms with van der Waals surface area (Å²) in [6.45, 7) is 1.72. The van der Waals surface area contributed by atoms with Gasteiger partial charge in [-0.15, -0.1) is 0 Å². The number of rotatable bonds is 14. The van der Waals surface area contributed by atoms with Gasteiger partial charge in [-0.25, -0.2) is 8.42 Å². The van der Waals surface area contributed by atoms with Gasteiger partial charge in [-0.2, -0.15) is 0 Å². The number of hydrogen-bond donors (Lipinski definition) is 1. The third-order valence-electron chi connectivity index (χ3n) is 7.23. The van der Waals surface area contributed by atoms with Gasteiger partial charge in [-0.3, -0.25) is 13.9 Å². The van der Waals surface area contributed by atoms with Crippen LogP contribution in [0.25, 0.3) is 0 Å². The molecule has 1 N–H and O–H groups in total. The highest BCUT2D eigenvalue weighted by molar-refractivity contribution is 7.92. The Morgan fingerprint density at radius 3 is 2.09 bits per heavy atom. The van der Waals surface area contributed by atoms with Crippen molar-refractivity contribution in [1.29, 1.82) is 0 Å². The molecule has 0 heterocycles. The molecule has 4 rings (SSSR count). The lowest BCUT2D eigenvalue weighted by molar-refractivity contribution is -0.140. The monoisotopic (exact) mass is 719 g/mol. The Bertz CT molecular complexity index is 1760. The van der Waals surface area contributed by atoms with Gasteiger partial charge in [0.2, 0.25) is 11.8 Å². The molecule has 0 spiro atoms. The summed E-state index contributed by atoms with van der Waals surface area (Å²) in [5.74, 6) is -1.00. The van der Waals surface area contributed by atoms with Gasteiger partial charge in [0.25, 0.3) is 10.0 Å². The number of hydrogen-bond acceptors (Lipinski definition) is 4. The third-order valence-corrected chi connectivity index (χ3v) is 10.3. The van der Waals surface area contributed by atoms with Gasteiger partial charge < -0.3 is 10.2 Å². The van der Waals surface area contributed by atoms with Crippen molar-refractivity contribution in [3.8, 4) is 0 Å². The van der Waals surface area contributed by atoms with Crippen LogP contribution < -0.4 is 9.62 Å². The molecule has 4 aromatic carbocycles. The Morgan fingerprint density at radius 1 is 0.783 bits per heavy atom. The van der Waals surface area contributed by atoms with Gasteiger partial charge in [0, 0.05) is 24.5 Å². The maximum atomic E-state index is 14.5. The maximum Gasteiger partial charge on any atom is 0.264 e. The topological polar surface area (TPSA) is 86.8 Å². The van der Waals surface area contributed by atoms with E-state index in [1.54, 1.807) is 36.4 Å². The molecule has 1 unspecified atom stereocenters. The molecule has 0 fully saturated rings. The van der Waals surface area contributed by atoms with Gasteiger partial charge >= 0.3 is 0 Å². The summed E-state index contributed by atoms with van der Waals surface area (Å²) in [7, 11) is -4.31. The van der Waals surface area contributed by atoms with E-state index in [2.05, 4.69) is 5.32 Å². The smallest absolute Gasteiger partial charge is 0.264 e. The molecule has 0 radical (unpaired) electrons. The Morgan fingerprint density at radius 2 is 1.46 bits per heavy atom. The Labute approximate surface area is 290 Å². The molecule has 0 aliphatic carbocycles. The lowest BCUT2D eigenvalue weighted by Crippen LogP contribution is -2.53. The molecule has 4 aromatic rings. The quantitative estimate of drug-likeness (QED) is 0.134. The van der Waals surface area contributed by atoms with Crippen LogP contribution in [0.4, 0.5) is 5.69 Å². The van der Waals surface area contributed by atoms with Crippen molar-refractivity contribution < 1.29 is 18.0 Å². The fraction of sp³-hybridized carbons (Fsp3) is 0.235. The maximum absolute atomic E-state index is 14.5. The van der Waals surface area contributed by atoms with Crippen LogP contribution in [-0.2, 0) is 32.6 Å². The van der Waals surface area contributed by atoms with E-state index in [4.69, 9.17) is 46.4 Å². The molecule has 0 aromatic heterocycles. The second kappa shape index (κ2) is 16.5. The van der Waals surface area contributed by atoms with Crippen LogP contribution in [0.5, 0.6) is 0 Å². The number of nitrogens with zero attached hydrogens (tertiary/aromatic N) is 2. The molecule has 12 heteroatoms. The molecule has 46 heavy (non-hydrogen) atoms. The zero-order chi connectivity index (χ0) is 33.3. The predicted octanol–water partition coefficient (Wildman–Crippen LogP) is 8.05. The zero-order valence-electron chi connectivity index (χ0n) is 25.0. The zero-order valence-corrected chi connectivity index (χ0v) is 28.8. The third kappa shape index (κ3) is 9.17. The average molecular weight is 722 g/mol. The summed E-state index contributed by atoms with van der Waals surface area (Å²) < 4.78 is 29.1. The minimum absolute atomic E-state index is 0.0361. The molecule has 242 valence electrons. The first-order valence-electron chi connectivity index (χ1n) is 14.6. The molecule has 0 saturated heterocycles. The lowest BCUT2D eigenvalue weighted by atomic mass is 10.0. The number of amides is 2. The van der Waals surface area contributed by atoms with E-state index >= 15 is 0 Å². The van der Waals surface area contributed by atoms with E-state index in [9.17, 15) is 18.0 Å². The summed E-state index contributed by atoms with van der Waals surface area (Å²) in [6, 6.07) is 25.3. The first kappa shape index (κ1) is 35.6.